The Morgan fingerprint density at radius 1 is 1.25 bits per heavy atom. The van der Waals surface area contributed by atoms with Gasteiger partial charge >= 0.3 is 0 Å². The topological polar surface area (TPSA) is 33.7 Å². The average molecular weight is 340 g/mol. The van der Waals surface area contributed by atoms with Gasteiger partial charge in [0.25, 0.3) is 0 Å². The number of ether oxygens (including phenoxy) is 2. The molecule has 2 bridgehead atoms. The van der Waals surface area contributed by atoms with Crippen LogP contribution in [0.15, 0.2) is 48.5 Å². The van der Waals surface area contributed by atoms with Gasteiger partial charge in [0.15, 0.2) is 10.8 Å². The number of rotatable bonds is 3. The maximum absolute atomic E-state index is 6.36. The van der Waals surface area contributed by atoms with E-state index in [1.165, 1.54) is 11.1 Å². The molecule has 0 aromatic heterocycles. The van der Waals surface area contributed by atoms with E-state index in [4.69, 9.17) is 21.7 Å². The van der Waals surface area contributed by atoms with Crippen LogP contribution in [0.25, 0.3) is 0 Å². The van der Waals surface area contributed by atoms with Crippen molar-refractivity contribution in [3.63, 3.8) is 0 Å². The van der Waals surface area contributed by atoms with E-state index in [-0.39, 0.29) is 6.04 Å². The average Bonchev–Trinajstić information content (AvgIpc) is 2.59. The third kappa shape index (κ3) is 2.49. The van der Waals surface area contributed by atoms with E-state index in [0.29, 0.717) is 6.54 Å². The Bertz CT molecular complexity index is 777. The van der Waals surface area contributed by atoms with Crippen molar-refractivity contribution in [2.45, 2.75) is 31.7 Å². The fraction of sp³-hybridized carbons (Fsp3) is 0.316. The van der Waals surface area contributed by atoms with Gasteiger partial charge in [0.2, 0.25) is 0 Å². The molecule has 0 radical (unpaired) electrons. The van der Waals surface area contributed by atoms with Gasteiger partial charge in [-0.05, 0) is 42.9 Å². The molecule has 24 heavy (non-hydrogen) atoms. The normalized spacial score (nSPS) is 24.7. The van der Waals surface area contributed by atoms with E-state index >= 15 is 0 Å². The highest BCUT2D eigenvalue weighted by atomic mass is 32.1. The van der Waals surface area contributed by atoms with Gasteiger partial charge < -0.3 is 19.7 Å². The van der Waals surface area contributed by atoms with Crippen LogP contribution in [0.1, 0.15) is 30.5 Å². The molecule has 0 spiro atoms. The zero-order valence-corrected chi connectivity index (χ0v) is 14.6. The van der Waals surface area contributed by atoms with Crippen molar-refractivity contribution in [1.82, 2.24) is 10.2 Å². The molecule has 0 saturated carbocycles. The Balaban J connectivity index is 1.63. The van der Waals surface area contributed by atoms with Crippen molar-refractivity contribution in [1.29, 1.82) is 0 Å². The van der Waals surface area contributed by atoms with Gasteiger partial charge in [0.1, 0.15) is 11.5 Å². The standard InChI is InChI=1S/C19H20N2O2S/c1-19-11-16(15-5-3-4-6-17(15)23-19)20-18(24)21(19)12-13-7-9-14(22-2)10-8-13/h3-10,16H,11-12H2,1-2H3,(H,20,24)/t16-,19+/m0/s1. The first-order chi connectivity index (χ1) is 11.6. The zero-order chi connectivity index (χ0) is 16.7. The predicted octanol–water partition coefficient (Wildman–Crippen LogP) is 3.63. The molecule has 2 aromatic rings. The SMILES string of the molecule is COc1ccc(CN2C(=S)N[C@H]3C[C@@]2(C)Oc2ccccc23)cc1. The summed E-state index contributed by atoms with van der Waals surface area (Å²) in [6.45, 7) is 2.81. The van der Waals surface area contributed by atoms with Crippen LogP contribution in [0.4, 0.5) is 0 Å². The fourth-order valence-corrected chi connectivity index (χ4v) is 3.92. The van der Waals surface area contributed by atoms with Crippen molar-refractivity contribution < 1.29 is 9.47 Å². The minimum atomic E-state index is -0.443. The highest BCUT2D eigenvalue weighted by Gasteiger charge is 2.47. The van der Waals surface area contributed by atoms with Crippen LogP contribution in [0.3, 0.4) is 0 Å². The molecular weight excluding hydrogens is 320 g/mol. The fourth-order valence-electron chi connectivity index (χ4n) is 3.52. The first-order valence-corrected chi connectivity index (χ1v) is 8.49. The zero-order valence-electron chi connectivity index (χ0n) is 13.8. The molecule has 2 aliphatic heterocycles. The summed E-state index contributed by atoms with van der Waals surface area (Å²) < 4.78 is 11.6. The molecule has 1 fully saturated rings. The molecule has 1 N–H and O–H groups in total. The van der Waals surface area contributed by atoms with Gasteiger partial charge in [-0.25, -0.2) is 0 Å². The molecule has 5 heteroatoms. The molecule has 1 saturated heterocycles. The Morgan fingerprint density at radius 2 is 2.00 bits per heavy atom. The third-order valence-electron chi connectivity index (χ3n) is 4.82. The number of thiocarbonyl (C=S) groups is 1. The predicted molar refractivity (Wildman–Crippen MR) is 97.1 cm³/mol. The van der Waals surface area contributed by atoms with Crippen molar-refractivity contribution >= 4 is 17.3 Å². The minimum absolute atomic E-state index is 0.208. The number of para-hydroxylation sites is 1. The van der Waals surface area contributed by atoms with E-state index in [9.17, 15) is 0 Å². The molecule has 124 valence electrons. The number of hydrogen-bond acceptors (Lipinski definition) is 3. The number of benzene rings is 2. The smallest absolute Gasteiger partial charge is 0.184 e. The Morgan fingerprint density at radius 3 is 2.75 bits per heavy atom. The van der Waals surface area contributed by atoms with Crippen molar-refractivity contribution in [2.75, 3.05) is 7.11 Å². The van der Waals surface area contributed by atoms with Crippen LogP contribution < -0.4 is 14.8 Å². The number of nitrogens with zero attached hydrogens (tertiary/aromatic N) is 1. The summed E-state index contributed by atoms with van der Waals surface area (Å²) in [6, 6.07) is 16.5. The van der Waals surface area contributed by atoms with Gasteiger partial charge in [-0.15, -0.1) is 0 Å². The van der Waals surface area contributed by atoms with Crippen LogP contribution in [0.2, 0.25) is 0 Å². The van der Waals surface area contributed by atoms with E-state index in [1.54, 1.807) is 7.11 Å². The van der Waals surface area contributed by atoms with Crippen LogP contribution in [0.5, 0.6) is 11.5 Å². The lowest BCUT2D eigenvalue weighted by atomic mass is 9.90. The summed E-state index contributed by atoms with van der Waals surface area (Å²) in [5, 5.41) is 4.21. The largest absolute Gasteiger partial charge is 0.497 e. The van der Waals surface area contributed by atoms with Gasteiger partial charge in [-0.2, -0.15) is 0 Å². The van der Waals surface area contributed by atoms with Crippen LogP contribution >= 0.6 is 12.2 Å². The third-order valence-corrected chi connectivity index (χ3v) is 5.16. The summed E-state index contributed by atoms with van der Waals surface area (Å²) in [4.78, 5) is 2.14. The van der Waals surface area contributed by atoms with E-state index in [0.717, 1.165) is 23.0 Å². The van der Waals surface area contributed by atoms with Crippen molar-refractivity contribution in [3.05, 3.63) is 59.7 Å². The first kappa shape index (κ1) is 15.3. The molecule has 0 amide bonds. The lowest BCUT2D eigenvalue weighted by molar-refractivity contribution is -0.0722. The summed E-state index contributed by atoms with van der Waals surface area (Å²) in [5.41, 5.74) is 1.91. The highest BCUT2D eigenvalue weighted by Crippen LogP contribution is 2.44. The quantitative estimate of drug-likeness (QED) is 0.863. The van der Waals surface area contributed by atoms with E-state index in [2.05, 4.69) is 35.3 Å². The molecular formula is C19H20N2O2S. The van der Waals surface area contributed by atoms with Gasteiger partial charge in [-0.1, -0.05) is 30.3 Å². The minimum Gasteiger partial charge on any atom is -0.497 e. The summed E-state index contributed by atoms with van der Waals surface area (Å²) in [5.74, 6) is 1.79. The lowest BCUT2D eigenvalue weighted by Gasteiger charge is -2.52. The Labute approximate surface area is 147 Å². The second-order valence-corrected chi connectivity index (χ2v) is 6.84. The maximum Gasteiger partial charge on any atom is 0.184 e. The second-order valence-electron chi connectivity index (χ2n) is 6.46. The molecule has 2 heterocycles. The summed E-state index contributed by atoms with van der Waals surface area (Å²) in [6.07, 6.45) is 0.861. The number of nitrogens with one attached hydrogen (secondary N) is 1. The molecule has 2 aliphatic rings. The Kier molecular flexibility index (Phi) is 3.61. The molecule has 0 unspecified atom stereocenters. The Hall–Kier alpha value is -2.27. The van der Waals surface area contributed by atoms with Crippen LogP contribution in [0, 0.1) is 0 Å². The molecule has 4 rings (SSSR count). The maximum atomic E-state index is 6.36. The number of fused-ring (bicyclic) bond motifs is 4. The molecule has 2 atom stereocenters. The summed E-state index contributed by atoms with van der Waals surface area (Å²) >= 11 is 5.64. The summed E-state index contributed by atoms with van der Waals surface area (Å²) in [7, 11) is 1.67. The molecule has 4 nitrogen and oxygen atoms in total. The van der Waals surface area contributed by atoms with Crippen LogP contribution in [-0.2, 0) is 6.54 Å². The first-order valence-electron chi connectivity index (χ1n) is 8.08. The highest BCUT2D eigenvalue weighted by molar-refractivity contribution is 7.80. The number of hydrogen-bond donors (Lipinski definition) is 1. The van der Waals surface area contributed by atoms with E-state index < -0.39 is 5.72 Å². The van der Waals surface area contributed by atoms with Gasteiger partial charge in [-0.3, -0.25) is 0 Å². The van der Waals surface area contributed by atoms with Crippen LogP contribution in [-0.4, -0.2) is 22.8 Å². The molecule has 0 aliphatic carbocycles. The van der Waals surface area contributed by atoms with E-state index in [1.807, 2.05) is 30.3 Å². The number of methoxy groups -OCH3 is 1. The van der Waals surface area contributed by atoms with Crippen molar-refractivity contribution in [3.8, 4) is 11.5 Å². The van der Waals surface area contributed by atoms with Crippen molar-refractivity contribution in [2.24, 2.45) is 0 Å². The monoisotopic (exact) mass is 340 g/mol. The van der Waals surface area contributed by atoms with Gasteiger partial charge in [0, 0.05) is 18.5 Å². The second kappa shape index (κ2) is 5.67. The molecule has 2 aromatic carbocycles. The van der Waals surface area contributed by atoms with Gasteiger partial charge in [0.05, 0.1) is 13.2 Å². The lowest BCUT2D eigenvalue weighted by Crippen LogP contribution is -2.64.